The third kappa shape index (κ3) is 0.556. The lowest BCUT2D eigenvalue weighted by molar-refractivity contribution is 1.00. The van der Waals surface area contributed by atoms with Crippen LogP contribution in [0.3, 0.4) is 0 Å². The third-order valence-corrected chi connectivity index (χ3v) is 1.34. The number of hydrogen-bond acceptors (Lipinski definition) is 2. The maximum atomic E-state index is 10.9. The summed E-state index contributed by atoms with van der Waals surface area (Å²) in [5, 5.41) is 0. The van der Waals surface area contributed by atoms with E-state index in [0.29, 0.717) is 0 Å². The van der Waals surface area contributed by atoms with E-state index < -0.39 is 0 Å². The van der Waals surface area contributed by atoms with E-state index in [-0.39, 0.29) is 5.69 Å². The molecule has 0 unspecified atom stereocenters. The highest BCUT2D eigenvalue weighted by Crippen LogP contribution is 1.90. The summed E-state index contributed by atoms with van der Waals surface area (Å²) >= 11 is 0. The smallest absolute Gasteiger partial charge is 0.346 e. The maximum absolute atomic E-state index is 10.9. The number of nitrogens with one attached hydrogen (secondary N) is 1. The van der Waals surface area contributed by atoms with Gasteiger partial charge in [-0.1, -0.05) is 0 Å². The monoisotopic (exact) mass is 135 g/mol. The van der Waals surface area contributed by atoms with Crippen LogP contribution in [-0.2, 0) is 0 Å². The Hall–Kier alpha value is -1.58. The molecule has 2 heterocycles. The Kier molecular flexibility index (Phi) is 0.887. The lowest BCUT2D eigenvalue weighted by Gasteiger charge is -1.86. The van der Waals surface area contributed by atoms with Crippen molar-refractivity contribution in [3.63, 3.8) is 0 Å². The van der Waals surface area contributed by atoms with Crippen LogP contribution in [0, 0.1) is 0 Å². The Morgan fingerprint density at radius 3 is 3.30 bits per heavy atom. The van der Waals surface area contributed by atoms with Crippen LogP contribution in [-0.4, -0.2) is 14.4 Å². The predicted molar refractivity (Wildman–Crippen MR) is 35.8 cm³/mol. The van der Waals surface area contributed by atoms with Crippen molar-refractivity contribution in [1.29, 1.82) is 0 Å². The van der Waals surface area contributed by atoms with Crippen molar-refractivity contribution in [3.8, 4) is 0 Å². The molecule has 0 aliphatic carbocycles. The zero-order valence-electron chi connectivity index (χ0n) is 5.11. The minimum absolute atomic E-state index is 0.251. The van der Waals surface area contributed by atoms with Gasteiger partial charge in [0.1, 0.15) is 5.65 Å². The zero-order chi connectivity index (χ0) is 6.97. The fourth-order valence-electron chi connectivity index (χ4n) is 0.876. The van der Waals surface area contributed by atoms with Gasteiger partial charge < -0.3 is 4.98 Å². The van der Waals surface area contributed by atoms with Gasteiger partial charge in [0, 0.05) is 18.6 Å². The van der Waals surface area contributed by atoms with Crippen molar-refractivity contribution in [1.82, 2.24) is 14.4 Å². The predicted octanol–water partition coefficient (Wildman–Crippen LogP) is 0.0226. The largest absolute Gasteiger partial charge is 0.353 e. The molecule has 0 spiro atoms. The third-order valence-electron chi connectivity index (χ3n) is 1.34. The van der Waals surface area contributed by atoms with Crippen LogP contribution in [0.5, 0.6) is 0 Å². The summed E-state index contributed by atoms with van der Waals surface area (Å²) in [7, 11) is 0. The molecule has 0 saturated heterocycles. The first-order valence-electron chi connectivity index (χ1n) is 2.89. The minimum atomic E-state index is -0.251. The maximum Gasteiger partial charge on any atom is 0.353 e. The van der Waals surface area contributed by atoms with Gasteiger partial charge >= 0.3 is 5.69 Å². The molecular weight excluding hydrogens is 130 g/mol. The zero-order valence-corrected chi connectivity index (χ0v) is 5.11. The van der Waals surface area contributed by atoms with E-state index in [1.54, 1.807) is 18.5 Å². The van der Waals surface area contributed by atoms with Gasteiger partial charge in [-0.25, -0.2) is 9.78 Å². The molecule has 0 fully saturated rings. The van der Waals surface area contributed by atoms with E-state index in [1.807, 2.05) is 0 Å². The fraction of sp³-hybridized carbons (Fsp3) is 0. The first-order valence-corrected chi connectivity index (χ1v) is 2.89. The van der Waals surface area contributed by atoms with Crippen LogP contribution in [0.4, 0.5) is 0 Å². The molecule has 4 heteroatoms. The SMILES string of the molecule is O=c1nccc2[nH]ccn12. The molecule has 2 aromatic heterocycles. The van der Waals surface area contributed by atoms with E-state index in [2.05, 4.69) is 9.97 Å². The Morgan fingerprint density at radius 2 is 2.50 bits per heavy atom. The second-order valence-electron chi connectivity index (χ2n) is 1.94. The Balaban J connectivity index is 3.09. The van der Waals surface area contributed by atoms with Crippen molar-refractivity contribution < 1.29 is 0 Å². The van der Waals surface area contributed by atoms with E-state index in [4.69, 9.17) is 0 Å². The van der Waals surface area contributed by atoms with Crippen LogP contribution in [0.25, 0.3) is 5.65 Å². The normalized spacial score (nSPS) is 10.4. The molecule has 2 rings (SSSR count). The average Bonchev–Trinajstić information content (AvgIpc) is 2.36. The lowest BCUT2D eigenvalue weighted by atomic mass is 10.6. The van der Waals surface area contributed by atoms with Crippen LogP contribution in [0.1, 0.15) is 0 Å². The van der Waals surface area contributed by atoms with Crippen LogP contribution in [0.2, 0.25) is 0 Å². The standard InChI is InChI=1S/C6H5N3O/c10-6-8-2-1-5-7-3-4-9(5)6/h1-4,7H. The molecule has 1 N–H and O–H groups in total. The molecule has 0 saturated carbocycles. The molecule has 0 bridgehead atoms. The molecule has 2 aromatic rings. The van der Waals surface area contributed by atoms with Gasteiger partial charge in [0.15, 0.2) is 0 Å². The summed E-state index contributed by atoms with van der Waals surface area (Å²) in [5.41, 5.74) is 0.513. The summed E-state index contributed by atoms with van der Waals surface area (Å²) in [5.74, 6) is 0. The molecule has 0 amide bonds. The number of nitrogens with zero attached hydrogens (tertiary/aromatic N) is 2. The molecule has 0 radical (unpaired) electrons. The molecular formula is C6H5N3O. The minimum Gasteiger partial charge on any atom is -0.346 e. The number of aromatic amines is 1. The molecule has 0 aliphatic rings. The van der Waals surface area contributed by atoms with Gasteiger partial charge in [-0.05, 0) is 6.07 Å². The van der Waals surface area contributed by atoms with E-state index in [0.717, 1.165) is 5.65 Å². The number of fused-ring (bicyclic) bond motifs is 1. The van der Waals surface area contributed by atoms with Gasteiger partial charge in [0.25, 0.3) is 0 Å². The van der Waals surface area contributed by atoms with Crippen molar-refractivity contribution in [2.24, 2.45) is 0 Å². The first kappa shape index (κ1) is 5.22. The van der Waals surface area contributed by atoms with Crippen molar-refractivity contribution in [2.45, 2.75) is 0 Å². The van der Waals surface area contributed by atoms with Crippen molar-refractivity contribution in [3.05, 3.63) is 35.1 Å². The summed E-state index contributed by atoms with van der Waals surface area (Å²) in [6.45, 7) is 0. The molecule has 0 aromatic carbocycles. The van der Waals surface area contributed by atoms with Crippen molar-refractivity contribution >= 4 is 5.65 Å². The van der Waals surface area contributed by atoms with Crippen molar-refractivity contribution in [2.75, 3.05) is 0 Å². The summed E-state index contributed by atoms with van der Waals surface area (Å²) in [4.78, 5) is 17.3. The summed E-state index contributed by atoms with van der Waals surface area (Å²) < 4.78 is 1.44. The Labute approximate surface area is 56.2 Å². The Morgan fingerprint density at radius 1 is 1.60 bits per heavy atom. The molecule has 10 heavy (non-hydrogen) atoms. The van der Waals surface area contributed by atoms with Gasteiger partial charge in [0.05, 0.1) is 0 Å². The van der Waals surface area contributed by atoms with E-state index in [1.165, 1.54) is 10.6 Å². The van der Waals surface area contributed by atoms with Crippen LogP contribution in [0.15, 0.2) is 29.5 Å². The van der Waals surface area contributed by atoms with E-state index >= 15 is 0 Å². The fourth-order valence-corrected chi connectivity index (χ4v) is 0.876. The number of rotatable bonds is 0. The first-order chi connectivity index (χ1) is 4.88. The number of aromatic nitrogens is 3. The summed E-state index contributed by atoms with van der Waals surface area (Å²) in [6, 6.07) is 1.74. The molecule has 50 valence electrons. The van der Waals surface area contributed by atoms with Gasteiger partial charge in [-0.3, -0.25) is 4.40 Å². The van der Waals surface area contributed by atoms with Gasteiger partial charge in [-0.2, -0.15) is 0 Å². The number of hydrogen-bond donors (Lipinski definition) is 1. The van der Waals surface area contributed by atoms with E-state index in [9.17, 15) is 4.79 Å². The molecule has 0 atom stereocenters. The molecule has 0 aliphatic heterocycles. The average molecular weight is 135 g/mol. The van der Waals surface area contributed by atoms with Gasteiger partial charge in [0.2, 0.25) is 0 Å². The second kappa shape index (κ2) is 1.70. The topological polar surface area (TPSA) is 50.2 Å². The highest BCUT2D eigenvalue weighted by molar-refractivity contribution is 5.34. The van der Waals surface area contributed by atoms with Crippen LogP contribution >= 0.6 is 0 Å². The molecule has 4 nitrogen and oxygen atoms in total. The van der Waals surface area contributed by atoms with Gasteiger partial charge in [-0.15, -0.1) is 0 Å². The number of H-pyrrole nitrogens is 1. The lowest BCUT2D eigenvalue weighted by Crippen LogP contribution is -2.13. The Bertz CT molecular complexity index is 400. The second-order valence-corrected chi connectivity index (χ2v) is 1.94. The summed E-state index contributed by atoms with van der Waals surface area (Å²) in [6.07, 6.45) is 4.82. The highest BCUT2D eigenvalue weighted by atomic mass is 16.1. The quantitative estimate of drug-likeness (QED) is 0.553. The highest BCUT2D eigenvalue weighted by Gasteiger charge is 1.92. The van der Waals surface area contributed by atoms with Crippen LogP contribution < -0.4 is 5.69 Å². The number of imidazole rings is 1.